The van der Waals surface area contributed by atoms with Gasteiger partial charge in [-0.1, -0.05) is 11.6 Å². The van der Waals surface area contributed by atoms with E-state index in [2.05, 4.69) is 4.90 Å². The maximum absolute atomic E-state index is 10.9. The fourth-order valence-corrected chi connectivity index (χ4v) is 1.58. The molecule has 0 amide bonds. The van der Waals surface area contributed by atoms with Crippen LogP contribution in [-0.4, -0.2) is 45.4 Å². The second-order valence-electron chi connectivity index (χ2n) is 4.05. The molecule has 1 aromatic carbocycles. The minimum absolute atomic E-state index is 0.650. The first-order valence-electron chi connectivity index (χ1n) is 5.15. The van der Waals surface area contributed by atoms with Crippen molar-refractivity contribution in [2.75, 3.05) is 39.1 Å². The predicted molar refractivity (Wildman–Crippen MR) is 68.7 cm³/mol. The number of rotatable bonds is 5. The SMILES string of the molecule is CN(C)CCN(C)c1cc(Cl)ccc1C=O. The molecule has 0 radical (unpaired) electrons. The van der Waals surface area contributed by atoms with Crippen LogP contribution in [0.4, 0.5) is 5.69 Å². The van der Waals surface area contributed by atoms with Crippen LogP contribution >= 0.6 is 11.6 Å². The average molecular weight is 241 g/mol. The Morgan fingerprint density at radius 1 is 1.25 bits per heavy atom. The fourth-order valence-electron chi connectivity index (χ4n) is 1.42. The van der Waals surface area contributed by atoms with Crippen LogP contribution in [0.3, 0.4) is 0 Å². The molecule has 0 heterocycles. The Bertz CT molecular complexity index is 366. The summed E-state index contributed by atoms with van der Waals surface area (Å²) in [7, 11) is 6.00. The van der Waals surface area contributed by atoms with E-state index >= 15 is 0 Å². The molecular weight excluding hydrogens is 224 g/mol. The molecule has 3 nitrogen and oxygen atoms in total. The van der Waals surface area contributed by atoms with Crippen LogP contribution in [0.15, 0.2) is 18.2 Å². The van der Waals surface area contributed by atoms with E-state index in [0.717, 1.165) is 25.1 Å². The number of halogens is 1. The topological polar surface area (TPSA) is 23.6 Å². The summed E-state index contributed by atoms with van der Waals surface area (Å²) in [5.74, 6) is 0. The first-order valence-corrected chi connectivity index (χ1v) is 5.53. The summed E-state index contributed by atoms with van der Waals surface area (Å²) >= 11 is 5.93. The highest BCUT2D eigenvalue weighted by Crippen LogP contribution is 2.22. The van der Waals surface area contributed by atoms with E-state index in [4.69, 9.17) is 11.6 Å². The van der Waals surface area contributed by atoms with Crippen molar-refractivity contribution in [3.8, 4) is 0 Å². The van der Waals surface area contributed by atoms with Gasteiger partial charge < -0.3 is 9.80 Å². The van der Waals surface area contributed by atoms with Gasteiger partial charge in [-0.3, -0.25) is 4.79 Å². The highest BCUT2D eigenvalue weighted by atomic mass is 35.5. The van der Waals surface area contributed by atoms with Gasteiger partial charge in [0.15, 0.2) is 6.29 Å². The van der Waals surface area contributed by atoms with Crippen LogP contribution in [0.25, 0.3) is 0 Å². The van der Waals surface area contributed by atoms with Gasteiger partial charge in [-0.25, -0.2) is 0 Å². The molecule has 0 aliphatic heterocycles. The average Bonchev–Trinajstić information content (AvgIpc) is 2.25. The Labute approximate surface area is 102 Å². The van der Waals surface area contributed by atoms with Gasteiger partial charge >= 0.3 is 0 Å². The number of carbonyl (C=O) groups is 1. The summed E-state index contributed by atoms with van der Waals surface area (Å²) in [6, 6.07) is 5.30. The van der Waals surface area contributed by atoms with Crippen molar-refractivity contribution in [2.24, 2.45) is 0 Å². The molecule has 0 unspecified atom stereocenters. The zero-order chi connectivity index (χ0) is 12.1. The van der Waals surface area contributed by atoms with Crippen LogP contribution in [0.2, 0.25) is 5.02 Å². The van der Waals surface area contributed by atoms with Gasteiger partial charge in [-0.2, -0.15) is 0 Å². The lowest BCUT2D eigenvalue weighted by molar-refractivity contribution is 0.112. The summed E-state index contributed by atoms with van der Waals surface area (Å²) in [6.45, 7) is 1.79. The first kappa shape index (κ1) is 13.0. The van der Waals surface area contributed by atoms with Gasteiger partial charge in [-0.15, -0.1) is 0 Å². The van der Waals surface area contributed by atoms with Crippen LogP contribution in [-0.2, 0) is 0 Å². The van der Waals surface area contributed by atoms with E-state index in [9.17, 15) is 4.79 Å². The third-order valence-electron chi connectivity index (χ3n) is 2.41. The van der Waals surface area contributed by atoms with Crippen molar-refractivity contribution < 1.29 is 4.79 Å². The monoisotopic (exact) mass is 240 g/mol. The standard InChI is InChI=1S/C12H17ClN2O/c1-14(2)6-7-15(3)12-8-11(13)5-4-10(12)9-16/h4-5,8-9H,6-7H2,1-3H3. The quantitative estimate of drug-likeness (QED) is 0.737. The molecule has 0 saturated carbocycles. The molecular formula is C12H17ClN2O. The van der Waals surface area contributed by atoms with Gasteiger partial charge in [0, 0.05) is 36.4 Å². The molecule has 0 bridgehead atoms. The molecule has 0 N–H and O–H groups in total. The van der Waals surface area contributed by atoms with E-state index in [1.807, 2.05) is 32.1 Å². The number of hydrogen-bond acceptors (Lipinski definition) is 3. The van der Waals surface area contributed by atoms with E-state index in [0.29, 0.717) is 10.6 Å². The number of nitrogens with zero attached hydrogens (tertiary/aromatic N) is 2. The summed E-state index contributed by atoms with van der Waals surface area (Å²) in [5.41, 5.74) is 1.55. The lowest BCUT2D eigenvalue weighted by atomic mass is 10.2. The maximum atomic E-state index is 10.9. The second-order valence-corrected chi connectivity index (χ2v) is 4.48. The molecule has 1 aromatic rings. The molecule has 0 aliphatic carbocycles. The van der Waals surface area contributed by atoms with Crippen LogP contribution in [0, 0.1) is 0 Å². The Morgan fingerprint density at radius 2 is 1.94 bits per heavy atom. The zero-order valence-electron chi connectivity index (χ0n) is 9.90. The lowest BCUT2D eigenvalue weighted by Crippen LogP contribution is -2.29. The molecule has 0 aromatic heterocycles. The Kier molecular flexibility index (Phi) is 4.77. The molecule has 1 rings (SSSR count). The Morgan fingerprint density at radius 3 is 2.50 bits per heavy atom. The fraction of sp³-hybridized carbons (Fsp3) is 0.417. The Balaban J connectivity index is 2.84. The van der Waals surface area contributed by atoms with E-state index in [1.54, 1.807) is 12.1 Å². The molecule has 0 fully saturated rings. The Hall–Kier alpha value is -1.06. The number of aldehydes is 1. The molecule has 16 heavy (non-hydrogen) atoms. The van der Waals surface area contributed by atoms with Gasteiger partial charge in [0.25, 0.3) is 0 Å². The third kappa shape index (κ3) is 3.51. The lowest BCUT2D eigenvalue weighted by Gasteiger charge is -2.23. The molecule has 88 valence electrons. The number of carbonyl (C=O) groups excluding carboxylic acids is 1. The molecule has 0 saturated heterocycles. The van der Waals surface area contributed by atoms with Crippen LogP contribution < -0.4 is 4.90 Å². The van der Waals surface area contributed by atoms with Crippen molar-refractivity contribution in [2.45, 2.75) is 0 Å². The van der Waals surface area contributed by atoms with Gasteiger partial charge in [0.05, 0.1) is 0 Å². The van der Waals surface area contributed by atoms with E-state index < -0.39 is 0 Å². The van der Waals surface area contributed by atoms with Crippen LogP contribution in [0.5, 0.6) is 0 Å². The third-order valence-corrected chi connectivity index (χ3v) is 2.65. The number of benzene rings is 1. The molecule has 0 aliphatic rings. The summed E-state index contributed by atoms with van der Waals surface area (Å²) in [4.78, 5) is 15.0. The van der Waals surface area contributed by atoms with E-state index in [-0.39, 0.29) is 0 Å². The maximum Gasteiger partial charge on any atom is 0.152 e. The highest BCUT2D eigenvalue weighted by Gasteiger charge is 2.07. The van der Waals surface area contributed by atoms with Crippen molar-refractivity contribution in [1.82, 2.24) is 4.90 Å². The molecule has 0 spiro atoms. The highest BCUT2D eigenvalue weighted by molar-refractivity contribution is 6.31. The van der Waals surface area contributed by atoms with Crippen molar-refractivity contribution in [1.29, 1.82) is 0 Å². The molecule has 4 heteroatoms. The van der Waals surface area contributed by atoms with Crippen molar-refractivity contribution in [3.05, 3.63) is 28.8 Å². The second kappa shape index (κ2) is 5.87. The summed E-state index contributed by atoms with van der Waals surface area (Å²) in [5, 5.41) is 0.650. The largest absolute Gasteiger partial charge is 0.373 e. The minimum Gasteiger partial charge on any atom is -0.373 e. The predicted octanol–water partition coefficient (Wildman–Crippen LogP) is 2.15. The number of likely N-dealkylation sites (N-methyl/N-ethyl adjacent to an activating group) is 2. The van der Waals surface area contributed by atoms with Crippen LogP contribution in [0.1, 0.15) is 10.4 Å². The summed E-state index contributed by atoms with van der Waals surface area (Å²) < 4.78 is 0. The normalized spacial score (nSPS) is 10.6. The first-order chi connectivity index (χ1) is 7.54. The zero-order valence-corrected chi connectivity index (χ0v) is 10.7. The minimum atomic E-state index is 0.650. The van der Waals surface area contributed by atoms with E-state index in [1.165, 1.54) is 0 Å². The number of hydrogen-bond donors (Lipinski definition) is 0. The smallest absolute Gasteiger partial charge is 0.152 e. The van der Waals surface area contributed by atoms with Crippen molar-refractivity contribution >= 4 is 23.6 Å². The molecule has 0 atom stereocenters. The van der Waals surface area contributed by atoms with Gasteiger partial charge in [-0.05, 0) is 32.3 Å². The number of anilines is 1. The van der Waals surface area contributed by atoms with Gasteiger partial charge in [0.1, 0.15) is 0 Å². The summed E-state index contributed by atoms with van der Waals surface area (Å²) in [6.07, 6.45) is 0.859. The van der Waals surface area contributed by atoms with Gasteiger partial charge in [0.2, 0.25) is 0 Å². The van der Waals surface area contributed by atoms with Crippen molar-refractivity contribution in [3.63, 3.8) is 0 Å².